The van der Waals surface area contributed by atoms with Crippen LogP contribution in [0.1, 0.15) is 23.7 Å². The van der Waals surface area contributed by atoms with E-state index in [1.54, 1.807) is 0 Å². The number of hydrogen-bond acceptors (Lipinski definition) is 3. The van der Waals surface area contributed by atoms with E-state index < -0.39 is 30.2 Å². The Balaban J connectivity index is 3.17. The van der Waals surface area contributed by atoms with E-state index in [9.17, 15) is 18.0 Å². The van der Waals surface area contributed by atoms with Gasteiger partial charge in [-0.05, 0) is 24.6 Å². The summed E-state index contributed by atoms with van der Waals surface area (Å²) >= 11 is 5.44. The van der Waals surface area contributed by atoms with Gasteiger partial charge in [0.25, 0.3) is 0 Å². The number of alkyl halides is 3. The van der Waals surface area contributed by atoms with Crippen molar-refractivity contribution in [2.75, 3.05) is 0 Å². The van der Waals surface area contributed by atoms with Gasteiger partial charge in [-0.15, -0.1) is 0 Å². The monoisotopic (exact) mass is 268 g/mol. The highest BCUT2D eigenvalue weighted by Gasteiger charge is 2.43. The van der Waals surface area contributed by atoms with E-state index in [1.807, 2.05) is 0 Å². The van der Waals surface area contributed by atoms with Crippen LogP contribution in [0.2, 0.25) is 5.28 Å². The molecule has 17 heavy (non-hydrogen) atoms. The Bertz CT molecular complexity index is 416. The van der Waals surface area contributed by atoms with E-state index in [0.717, 1.165) is 6.07 Å². The first-order valence-corrected chi connectivity index (χ1v) is 4.87. The van der Waals surface area contributed by atoms with Gasteiger partial charge in [0.15, 0.2) is 0 Å². The molecule has 1 aromatic rings. The van der Waals surface area contributed by atoms with Crippen LogP contribution in [0, 0.1) is 6.92 Å². The van der Waals surface area contributed by atoms with Crippen molar-refractivity contribution in [1.82, 2.24) is 9.97 Å². The second kappa shape index (κ2) is 4.87. The second-order valence-corrected chi connectivity index (χ2v) is 3.73. The Morgan fingerprint density at radius 1 is 1.53 bits per heavy atom. The van der Waals surface area contributed by atoms with Gasteiger partial charge in [0.1, 0.15) is 5.92 Å². The lowest BCUT2D eigenvalue weighted by Crippen LogP contribution is -2.24. The molecule has 8 heteroatoms. The molecule has 94 valence electrons. The maximum atomic E-state index is 12.7. The van der Waals surface area contributed by atoms with Gasteiger partial charge in [-0.3, -0.25) is 4.79 Å². The second-order valence-electron chi connectivity index (χ2n) is 3.40. The molecule has 0 saturated heterocycles. The largest absolute Gasteiger partial charge is 0.481 e. The minimum Gasteiger partial charge on any atom is -0.481 e. The highest BCUT2D eigenvalue weighted by molar-refractivity contribution is 6.28. The van der Waals surface area contributed by atoms with Crippen LogP contribution in [0.5, 0.6) is 0 Å². The SMILES string of the molecule is Cc1cc(C(CC(=O)O)C(F)(F)F)nc(Cl)n1. The fraction of sp³-hybridized carbons (Fsp3) is 0.444. The number of carbonyl (C=O) groups is 1. The third-order valence-electron chi connectivity index (χ3n) is 1.98. The van der Waals surface area contributed by atoms with Crippen LogP contribution in [0.15, 0.2) is 6.07 Å². The van der Waals surface area contributed by atoms with Crippen molar-refractivity contribution in [3.05, 3.63) is 22.7 Å². The molecule has 1 heterocycles. The smallest absolute Gasteiger partial charge is 0.397 e. The molecule has 0 bridgehead atoms. The molecule has 0 fully saturated rings. The molecule has 0 spiro atoms. The van der Waals surface area contributed by atoms with E-state index in [0.29, 0.717) is 0 Å². The Kier molecular flexibility index (Phi) is 3.92. The summed E-state index contributed by atoms with van der Waals surface area (Å²) in [4.78, 5) is 17.5. The van der Waals surface area contributed by atoms with Crippen LogP contribution in [-0.2, 0) is 4.79 Å². The molecule has 0 aromatic carbocycles. The minimum atomic E-state index is -4.69. The lowest BCUT2D eigenvalue weighted by atomic mass is 10.00. The van der Waals surface area contributed by atoms with E-state index in [1.165, 1.54) is 6.92 Å². The summed E-state index contributed by atoms with van der Waals surface area (Å²) in [5, 5.41) is 8.14. The van der Waals surface area contributed by atoms with Crippen molar-refractivity contribution in [3.8, 4) is 0 Å². The standard InChI is InChI=1S/C9H8ClF3N2O2/c1-4-2-6(15-8(10)14-4)5(3-7(16)17)9(11,12)13/h2,5H,3H2,1H3,(H,16,17). The molecule has 0 radical (unpaired) electrons. The predicted molar refractivity (Wildman–Crippen MR) is 52.8 cm³/mol. The number of carboxylic acids is 1. The van der Waals surface area contributed by atoms with Gasteiger partial charge >= 0.3 is 12.1 Å². The van der Waals surface area contributed by atoms with Gasteiger partial charge in [-0.1, -0.05) is 0 Å². The summed E-state index contributed by atoms with van der Waals surface area (Å²) in [6.45, 7) is 1.45. The Labute approximate surface area is 99.5 Å². The van der Waals surface area contributed by atoms with Crippen LogP contribution in [-0.4, -0.2) is 27.2 Å². The predicted octanol–water partition coefficient (Wildman–Crippen LogP) is 2.56. The van der Waals surface area contributed by atoms with Crippen molar-refractivity contribution in [2.45, 2.75) is 25.4 Å². The number of rotatable bonds is 3. The molecule has 1 aromatic heterocycles. The number of carboxylic acid groups (broad SMARTS) is 1. The van der Waals surface area contributed by atoms with Crippen LogP contribution < -0.4 is 0 Å². The molecule has 0 saturated carbocycles. The maximum absolute atomic E-state index is 12.7. The van der Waals surface area contributed by atoms with Gasteiger partial charge in [-0.25, -0.2) is 9.97 Å². The van der Waals surface area contributed by atoms with Gasteiger partial charge in [0.2, 0.25) is 5.28 Å². The Morgan fingerprint density at radius 2 is 2.12 bits per heavy atom. The molecule has 0 aliphatic rings. The van der Waals surface area contributed by atoms with E-state index in [2.05, 4.69) is 9.97 Å². The number of aliphatic carboxylic acids is 1. The third kappa shape index (κ3) is 3.85. The van der Waals surface area contributed by atoms with Crippen LogP contribution in [0.4, 0.5) is 13.2 Å². The summed E-state index contributed by atoms with van der Waals surface area (Å²) in [5.41, 5.74) is -0.183. The highest BCUT2D eigenvalue weighted by atomic mass is 35.5. The third-order valence-corrected chi connectivity index (χ3v) is 2.15. The highest BCUT2D eigenvalue weighted by Crippen LogP contribution is 2.36. The lowest BCUT2D eigenvalue weighted by molar-refractivity contribution is -0.164. The molecule has 1 N–H and O–H groups in total. The maximum Gasteiger partial charge on any atom is 0.397 e. The van der Waals surface area contributed by atoms with Crippen molar-refractivity contribution in [3.63, 3.8) is 0 Å². The zero-order chi connectivity index (χ0) is 13.2. The number of hydrogen-bond donors (Lipinski definition) is 1. The Hall–Kier alpha value is -1.37. The summed E-state index contributed by atoms with van der Waals surface area (Å²) in [6.07, 6.45) is -5.78. The zero-order valence-corrected chi connectivity index (χ0v) is 9.38. The van der Waals surface area contributed by atoms with Gasteiger partial charge in [-0.2, -0.15) is 13.2 Å². The normalized spacial score (nSPS) is 13.5. The first kappa shape index (κ1) is 13.7. The lowest BCUT2D eigenvalue weighted by Gasteiger charge is -2.18. The molecule has 1 atom stereocenters. The van der Waals surface area contributed by atoms with Crippen molar-refractivity contribution in [2.24, 2.45) is 0 Å². The Morgan fingerprint density at radius 3 is 2.53 bits per heavy atom. The molecule has 1 rings (SSSR count). The number of aromatic nitrogens is 2. The average molecular weight is 269 g/mol. The molecular formula is C9H8ClF3N2O2. The number of nitrogens with zero attached hydrogens (tertiary/aromatic N) is 2. The minimum absolute atomic E-state index is 0.250. The average Bonchev–Trinajstić information content (AvgIpc) is 2.10. The first-order valence-electron chi connectivity index (χ1n) is 4.49. The quantitative estimate of drug-likeness (QED) is 0.856. The molecule has 0 aliphatic carbocycles. The van der Waals surface area contributed by atoms with E-state index in [-0.39, 0.29) is 11.0 Å². The molecule has 0 amide bonds. The van der Waals surface area contributed by atoms with Gasteiger partial charge in [0, 0.05) is 5.69 Å². The van der Waals surface area contributed by atoms with E-state index in [4.69, 9.17) is 16.7 Å². The topological polar surface area (TPSA) is 63.1 Å². The van der Waals surface area contributed by atoms with Gasteiger partial charge in [0.05, 0.1) is 12.1 Å². The fourth-order valence-corrected chi connectivity index (χ4v) is 1.53. The van der Waals surface area contributed by atoms with Crippen LogP contribution in [0.25, 0.3) is 0 Å². The first-order chi connectivity index (χ1) is 7.70. The molecular weight excluding hydrogens is 261 g/mol. The summed E-state index contributed by atoms with van der Waals surface area (Å²) in [7, 11) is 0. The number of halogens is 4. The van der Waals surface area contributed by atoms with Crippen molar-refractivity contribution in [1.29, 1.82) is 0 Å². The number of aryl methyl sites for hydroxylation is 1. The zero-order valence-electron chi connectivity index (χ0n) is 8.62. The van der Waals surface area contributed by atoms with E-state index >= 15 is 0 Å². The molecule has 0 aliphatic heterocycles. The molecule has 1 unspecified atom stereocenters. The van der Waals surface area contributed by atoms with Crippen molar-refractivity contribution < 1.29 is 23.1 Å². The van der Waals surface area contributed by atoms with Crippen LogP contribution >= 0.6 is 11.6 Å². The molecule has 4 nitrogen and oxygen atoms in total. The summed E-state index contributed by atoms with van der Waals surface area (Å²) in [5.74, 6) is -3.74. The van der Waals surface area contributed by atoms with Crippen LogP contribution in [0.3, 0.4) is 0 Å². The fourth-order valence-electron chi connectivity index (χ4n) is 1.30. The summed E-state index contributed by atoms with van der Waals surface area (Å²) < 4.78 is 38.0. The summed E-state index contributed by atoms with van der Waals surface area (Å²) in [6, 6.07) is 1.08. The van der Waals surface area contributed by atoms with Crippen molar-refractivity contribution >= 4 is 17.6 Å². The van der Waals surface area contributed by atoms with Gasteiger partial charge < -0.3 is 5.11 Å².